The highest BCUT2D eigenvalue weighted by Crippen LogP contribution is 2.25. The summed E-state index contributed by atoms with van der Waals surface area (Å²) in [5, 5.41) is 7.23. The van der Waals surface area contributed by atoms with Crippen LogP contribution >= 0.6 is 0 Å². The molecule has 2 heterocycles. The molecule has 2 N–H and O–H groups in total. The van der Waals surface area contributed by atoms with E-state index in [0.29, 0.717) is 6.04 Å². The van der Waals surface area contributed by atoms with Gasteiger partial charge in [0.05, 0.1) is 0 Å². The van der Waals surface area contributed by atoms with Gasteiger partial charge in [-0.3, -0.25) is 0 Å². The molecule has 0 saturated carbocycles. The molecule has 3 atom stereocenters. The van der Waals surface area contributed by atoms with E-state index in [2.05, 4.69) is 17.6 Å². The van der Waals surface area contributed by atoms with Gasteiger partial charge in [0, 0.05) is 12.1 Å². The molecule has 2 nitrogen and oxygen atoms in total. The van der Waals surface area contributed by atoms with Gasteiger partial charge in [-0.05, 0) is 51.6 Å². The average Bonchev–Trinajstić information content (AvgIpc) is 2.29. The quantitative estimate of drug-likeness (QED) is 0.566. The van der Waals surface area contributed by atoms with Crippen molar-refractivity contribution in [3.63, 3.8) is 0 Å². The van der Waals surface area contributed by atoms with Gasteiger partial charge in [-0.2, -0.15) is 0 Å². The third-order valence-corrected chi connectivity index (χ3v) is 3.40. The molecule has 3 unspecified atom stereocenters. The number of rotatable bonds is 0. The summed E-state index contributed by atoms with van der Waals surface area (Å²) in [6.07, 6.45) is 5.62. The van der Waals surface area contributed by atoms with Gasteiger partial charge in [0.1, 0.15) is 0 Å². The van der Waals surface area contributed by atoms with Crippen molar-refractivity contribution in [2.45, 2.75) is 44.7 Å². The fourth-order valence-electron chi connectivity index (χ4n) is 2.71. The number of fused-ring (bicyclic) bond motifs is 1. The maximum absolute atomic E-state index is 3.65. The van der Waals surface area contributed by atoms with Crippen LogP contribution in [0.15, 0.2) is 0 Å². The maximum Gasteiger partial charge on any atom is 0.0246 e. The molecule has 2 aliphatic rings. The van der Waals surface area contributed by atoms with Crippen LogP contribution in [-0.4, -0.2) is 25.2 Å². The molecule has 0 aromatic heterocycles. The minimum absolute atomic E-state index is 0.679. The van der Waals surface area contributed by atoms with Crippen molar-refractivity contribution in [2.24, 2.45) is 5.92 Å². The Labute approximate surface area is 75.1 Å². The topological polar surface area (TPSA) is 24.1 Å². The molecule has 2 fully saturated rings. The van der Waals surface area contributed by atoms with E-state index in [4.69, 9.17) is 0 Å². The van der Waals surface area contributed by atoms with E-state index in [9.17, 15) is 0 Å². The lowest BCUT2D eigenvalue weighted by atomic mass is 9.85. The monoisotopic (exact) mass is 168 g/mol. The summed E-state index contributed by atoms with van der Waals surface area (Å²) in [4.78, 5) is 0. The van der Waals surface area contributed by atoms with Crippen LogP contribution < -0.4 is 10.6 Å². The smallest absolute Gasteiger partial charge is 0.0246 e. The first-order chi connectivity index (χ1) is 5.88. The van der Waals surface area contributed by atoms with E-state index < -0.39 is 0 Å². The Morgan fingerprint density at radius 3 is 2.42 bits per heavy atom. The molecule has 12 heavy (non-hydrogen) atoms. The minimum atomic E-state index is 0.679. The SMILES string of the molecule is CC1NCCCC2CCCNC21. The second-order valence-electron chi connectivity index (χ2n) is 4.27. The van der Waals surface area contributed by atoms with Gasteiger partial charge in [0.25, 0.3) is 0 Å². The molecule has 0 aliphatic carbocycles. The standard InChI is InChI=1S/C10H20N2/c1-8-10-9(4-2-6-11-8)5-3-7-12-10/h8-12H,2-7H2,1H3. The van der Waals surface area contributed by atoms with Gasteiger partial charge in [-0.1, -0.05) is 0 Å². The predicted octanol–water partition coefficient (Wildman–Crippen LogP) is 1.13. The third-order valence-electron chi connectivity index (χ3n) is 3.40. The highest BCUT2D eigenvalue weighted by atomic mass is 15.0. The van der Waals surface area contributed by atoms with Crippen LogP contribution in [-0.2, 0) is 0 Å². The zero-order valence-corrected chi connectivity index (χ0v) is 7.97. The number of nitrogens with one attached hydrogen (secondary N) is 2. The van der Waals surface area contributed by atoms with E-state index >= 15 is 0 Å². The summed E-state index contributed by atoms with van der Waals surface area (Å²) in [6, 6.07) is 1.43. The van der Waals surface area contributed by atoms with Crippen molar-refractivity contribution in [3.05, 3.63) is 0 Å². The van der Waals surface area contributed by atoms with Crippen LogP contribution in [0, 0.1) is 5.92 Å². The fraction of sp³-hybridized carbons (Fsp3) is 1.00. The molecule has 0 aromatic carbocycles. The van der Waals surface area contributed by atoms with Crippen molar-refractivity contribution < 1.29 is 0 Å². The van der Waals surface area contributed by atoms with Gasteiger partial charge in [-0.25, -0.2) is 0 Å². The molecule has 0 bridgehead atoms. The van der Waals surface area contributed by atoms with Gasteiger partial charge < -0.3 is 10.6 Å². The summed E-state index contributed by atoms with van der Waals surface area (Å²) in [7, 11) is 0. The van der Waals surface area contributed by atoms with Crippen LogP contribution in [0.4, 0.5) is 0 Å². The molecule has 2 heteroatoms. The van der Waals surface area contributed by atoms with Crippen LogP contribution in [0.5, 0.6) is 0 Å². The lowest BCUT2D eigenvalue weighted by Crippen LogP contribution is -2.51. The van der Waals surface area contributed by atoms with Gasteiger partial charge >= 0.3 is 0 Å². The van der Waals surface area contributed by atoms with E-state index in [0.717, 1.165) is 12.0 Å². The second kappa shape index (κ2) is 3.75. The number of hydrogen-bond donors (Lipinski definition) is 2. The summed E-state index contributed by atoms with van der Waals surface area (Å²) in [6.45, 7) is 4.77. The Morgan fingerprint density at radius 2 is 1.67 bits per heavy atom. The Hall–Kier alpha value is -0.0800. The van der Waals surface area contributed by atoms with Crippen molar-refractivity contribution in [3.8, 4) is 0 Å². The summed E-state index contributed by atoms with van der Waals surface area (Å²) < 4.78 is 0. The van der Waals surface area contributed by atoms with Gasteiger partial charge in [0.2, 0.25) is 0 Å². The summed E-state index contributed by atoms with van der Waals surface area (Å²) in [5.74, 6) is 0.948. The molecule has 0 spiro atoms. The van der Waals surface area contributed by atoms with Gasteiger partial charge in [0.15, 0.2) is 0 Å². The average molecular weight is 168 g/mol. The molecule has 2 saturated heterocycles. The fourth-order valence-corrected chi connectivity index (χ4v) is 2.71. The van der Waals surface area contributed by atoms with Crippen LogP contribution in [0.2, 0.25) is 0 Å². The first kappa shape index (κ1) is 8.52. The van der Waals surface area contributed by atoms with E-state index in [1.807, 2.05) is 0 Å². The first-order valence-corrected chi connectivity index (χ1v) is 5.34. The molecule has 0 aromatic rings. The third kappa shape index (κ3) is 1.64. The Bertz CT molecular complexity index is 147. The highest BCUT2D eigenvalue weighted by molar-refractivity contribution is 4.90. The molecule has 2 aliphatic heterocycles. The van der Waals surface area contributed by atoms with E-state index in [1.165, 1.54) is 38.8 Å². The van der Waals surface area contributed by atoms with Crippen LogP contribution in [0.3, 0.4) is 0 Å². The van der Waals surface area contributed by atoms with Gasteiger partial charge in [-0.15, -0.1) is 0 Å². The zero-order chi connectivity index (χ0) is 8.39. The molecule has 0 amide bonds. The molecule has 0 radical (unpaired) electrons. The summed E-state index contributed by atoms with van der Waals surface area (Å²) >= 11 is 0. The Kier molecular flexibility index (Phi) is 2.66. The van der Waals surface area contributed by atoms with E-state index in [1.54, 1.807) is 0 Å². The zero-order valence-electron chi connectivity index (χ0n) is 7.97. The Morgan fingerprint density at radius 1 is 1.00 bits per heavy atom. The molecular formula is C10H20N2. The predicted molar refractivity (Wildman–Crippen MR) is 51.2 cm³/mol. The largest absolute Gasteiger partial charge is 0.313 e. The van der Waals surface area contributed by atoms with Crippen molar-refractivity contribution in [2.75, 3.05) is 13.1 Å². The minimum Gasteiger partial charge on any atom is -0.313 e. The van der Waals surface area contributed by atoms with E-state index in [-0.39, 0.29) is 0 Å². The number of hydrogen-bond acceptors (Lipinski definition) is 2. The highest BCUT2D eigenvalue weighted by Gasteiger charge is 2.30. The molecule has 2 rings (SSSR count). The summed E-state index contributed by atoms with van der Waals surface area (Å²) in [5.41, 5.74) is 0. The van der Waals surface area contributed by atoms with Crippen molar-refractivity contribution in [1.29, 1.82) is 0 Å². The first-order valence-electron chi connectivity index (χ1n) is 5.34. The van der Waals surface area contributed by atoms with Crippen LogP contribution in [0.25, 0.3) is 0 Å². The number of piperidine rings is 1. The normalized spacial score (nSPS) is 43.2. The lowest BCUT2D eigenvalue weighted by Gasteiger charge is -2.34. The second-order valence-corrected chi connectivity index (χ2v) is 4.27. The van der Waals surface area contributed by atoms with Crippen molar-refractivity contribution >= 4 is 0 Å². The molecular weight excluding hydrogens is 148 g/mol. The molecule has 70 valence electrons. The van der Waals surface area contributed by atoms with Crippen LogP contribution in [0.1, 0.15) is 32.6 Å². The van der Waals surface area contributed by atoms with Crippen molar-refractivity contribution in [1.82, 2.24) is 10.6 Å². The lowest BCUT2D eigenvalue weighted by molar-refractivity contribution is 0.243. The Balaban J connectivity index is 2.01. The maximum atomic E-state index is 3.65.